The molecular formula is C16H16N2O3. The number of nitrogens with one attached hydrogen (secondary N) is 1. The maximum Gasteiger partial charge on any atom is 0.335 e. The van der Waals surface area contributed by atoms with E-state index in [4.69, 9.17) is 5.11 Å². The van der Waals surface area contributed by atoms with Crippen molar-refractivity contribution in [2.75, 3.05) is 5.32 Å². The smallest absolute Gasteiger partial charge is 0.335 e. The first-order valence-corrected chi connectivity index (χ1v) is 6.59. The largest absolute Gasteiger partial charge is 0.478 e. The highest BCUT2D eigenvalue weighted by Gasteiger charge is 2.08. The predicted molar refractivity (Wildman–Crippen MR) is 79.3 cm³/mol. The predicted octanol–water partition coefficient (Wildman–Crippen LogP) is 2.66. The Morgan fingerprint density at radius 2 is 2.10 bits per heavy atom. The molecule has 0 aliphatic carbocycles. The summed E-state index contributed by atoms with van der Waals surface area (Å²) in [5.74, 6) is -1.09. The SMILES string of the molecule is Cc1cc(C(=O)O)ccc1NC(=O)CCc1cccnc1. The van der Waals surface area contributed by atoms with E-state index in [1.807, 2.05) is 12.1 Å². The van der Waals surface area contributed by atoms with Crippen LogP contribution in [-0.2, 0) is 11.2 Å². The number of carbonyl (C=O) groups excluding carboxylic acids is 1. The summed E-state index contributed by atoms with van der Waals surface area (Å²) in [7, 11) is 0. The van der Waals surface area contributed by atoms with Gasteiger partial charge in [0.2, 0.25) is 5.91 Å². The van der Waals surface area contributed by atoms with Gasteiger partial charge >= 0.3 is 5.97 Å². The zero-order chi connectivity index (χ0) is 15.2. The molecule has 0 saturated heterocycles. The first kappa shape index (κ1) is 14.7. The molecule has 0 fully saturated rings. The molecule has 0 aliphatic rings. The number of anilines is 1. The Labute approximate surface area is 122 Å². The van der Waals surface area contributed by atoms with Gasteiger partial charge in [-0.1, -0.05) is 6.07 Å². The Morgan fingerprint density at radius 1 is 1.29 bits per heavy atom. The number of pyridine rings is 1. The fourth-order valence-electron chi connectivity index (χ4n) is 1.95. The van der Waals surface area contributed by atoms with E-state index in [0.717, 1.165) is 11.1 Å². The molecule has 5 heteroatoms. The number of amides is 1. The third kappa shape index (κ3) is 4.14. The van der Waals surface area contributed by atoms with Crippen LogP contribution in [0.3, 0.4) is 0 Å². The molecular weight excluding hydrogens is 268 g/mol. The van der Waals surface area contributed by atoms with Crippen molar-refractivity contribution in [3.8, 4) is 0 Å². The van der Waals surface area contributed by atoms with Crippen LogP contribution < -0.4 is 5.32 Å². The Balaban J connectivity index is 1.95. The average Bonchev–Trinajstić information content (AvgIpc) is 2.48. The molecule has 0 spiro atoms. The van der Waals surface area contributed by atoms with E-state index in [1.54, 1.807) is 31.5 Å². The topological polar surface area (TPSA) is 79.3 Å². The first-order chi connectivity index (χ1) is 10.1. The molecule has 2 rings (SSSR count). The van der Waals surface area contributed by atoms with Crippen LogP contribution in [0.25, 0.3) is 0 Å². The molecule has 1 aromatic heterocycles. The number of carbonyl (C=O) groups is 2. The van der Waals surface area contributed by atoms with Crippen LogP contribution in [-0.4, -0.2) is 22.0 Å². The lowest BCUT2D eigenvalue weighted by atomic mass is 10.1. The molecule has 0 bridgehead atoms. The molecule has 5 nitrogen and oxygen atoms in total. The van der Waals surface area contributed by atoms with E-state index in [2.05, 4.69) is 10.3 Å². The fraction of sp³-hybridized carbons (Fsp3) is 0.188. The quantitative estimate of drug-likeness (QED) is 0.884. The molecule has 0 aliphatic heterocycles. The molecule has 1 heterocycles. The average molecular weight is 284 g/mol. The van der Waals surface area contributed by atoms with Gasteiger partial charge in [-0.05, 0) is 48.7 Å². The Morgan fingerprint density at radius 3 is 2.71 bits per heavy atom. The van der Waals surface area contributed by atoms with Crippen LogP contribution in [0.5, 0.6) is 0 Å². The van der Waals surface area contributed by atoms with Gasteiger partial charge in [0.1, 0.15) is 0 Å². The van der Waals surface area contributed by atoms with Crippen LogP contribution in [0.2, 0.25) is 0 Å². The summed E-state index contributed by atoms with van der Waals surface area (Å²) in [6, 6.07) is 8.39. The molecule has 0 radical (unpaired) electrons. The summed E-state index contributed by atoms with van der Waals surface area (Å²) in [4.78, 5) is 26.8. The molecule has 108 valence electrons. The molecule has 2 N–H and O–H groups in total. The summed E-state index contributed by atoms with van der Waals surface area (Å²) in [5, 5.41) is 11.7. The van der Waals surface area contributed by atoms with E-state index in [1.165, 1.54) is 6.07 Å². The monoisotopic (exact) mass is 284 g/mol. The highest BCUT2D eigenvalue weighted by molar-refractivity contribution is 5.93. The molecule has 0 unspecified atom stereocenters. The van der Waals surface area contributed by atoms with Gasteiger partial charge in [-0.3, -0.25) is 9.78 Å². The zero-order valence-corrected chi connectivity index (χ0v) is 11.7. The fourth-order valence-corrected chi connectivity index (χ4v) is 1.95. The number of rotatable bonds is 5. The lowest BCUT2D eigenvalue weighted by Crippen LogP contribution is -2.13. The van der Waals surface area contributed by atoms with Crippen LogP contribution in [0.15, 0.2) is 42.7 Å². The number of aryl methyl sites for hydroxylation is 2. The molecule has 2 aromatic rings. The summed E-state index contributed by atoms with van der Waals surface area (Å²) in [6.07, 6.45) is 4.40. The van der Waals surface area contributed by atoms with Gasteiger partial charge in [0.25, 0.3) is 0 Å². The Bertz CT molecular complexity index is 654. The van der Waals surface area contributed by atoms with Crippen molar-refractivity contribution >= 4 is 17.6 Å². The highest BCUT2D eigenvalue weighted by Crippen LogP contribution is 2.17. The third-order valence-corrected chi connectivity index (χ3v) is 3.11. The van der Waals surface area contributed by atoms with Crippen molar-refractivity contribution in [1.29, 1.82) is 0 Å². The summed E-state index contributed by atoms with van der Waals surface area (Å²) in [5.41, 5.74) is 2.58. The number of benzene rings is 1. The van der Waals surface area contributed by atoms with E-state index < -0.39 is 5.97 Å². The lowest BCUT2D eigenvalue weighted by molar-refractivity contribution is -0.116. The first-order valence-electron chi connectivity index (χ1n) is 6.59. The number of hydrogen-bond acceptors (Lipinski definition) is 3. The van der Waals surface area contributed by atoms with Gasteiger partial charge in [-0.25, -0.2) is 4.79 Å². The Hall–Kier alpha value is -2.69. The van der Waals surface area contributed by atoms with Crippen LogP contribution in [0.1, 0.15) is 27.9 Å². The number of aromatic nitrogens is 1. The minimum Gasteiger partial charge on any atom is -0.478 e. The van der Waals surface area contributed by atoms with Gasteiger partial charge in [0.15, 0.2) is 0 Å². The third-order valence-electron chi connectivity index (χ3n) is 3.11. The van der Waals surface area contributed by atoms with E-state index >= 15 is 0 Å². The van der Waals surface area contributed by atoms with Crippen molar-refractivity contribution in [3.63, 3.8) is 0 Å². The standard InChI is InChI=1S/C16H16N2O3/c1-11-9-13(16(20)21)5-6-14(11)18-15(19)7-4-12-3-2-8-17-10-12/h2-3,5-6,8-10H,4,7H2,1H3,(H,18,19)(H,20,21). The second kappa shape index (κ2) is 6.65. The molecule has 0 atom stereocenters. The molecule has 1 aromatic carbocycles. The van der Waals surface area contributed by atoms with E-state index in [9.17, 15) is 9.59 Å². The lowest BCUT2D eigenvalue weighted by Gasteiger charge is -2.09. The van der Waals surface area contributed by atoms with Crippen LogP contribution >= 0.6 is 0 Å². The normalized spacial score (nSPS) is 10.1. The number of aromatic carboxylic acids is 1. The van der Waals surface area contributed by atoms with Crippen molar-refractivity contribution in [2.45, 2.75) is 19.8 Å². The van der Waals surface area contributed by atoms with Crippen LogP contribution in [0.4, 0.5) is 5.69 Å². The molecule has 1 amide bonds. The van der Waals surface area contributed by atoms with Crippen molar-refractivity contribution < 1.29 is 14.7 Å². The van der Waals surface area contributed by atoms with Gasteiger partial charge in [-0.2, -0.15) is 0 Å². The number of carboxylic acid groups (broad SMARTS) is 1. The van der Waals surface area contributed by atoms with Gasteiger partial charge in [-0.15, -0.1) is 0 Å². The van der Waals surface area contributed by atoms with E-state index in [-0.39, 0.29) is 11.5 Å². The summed E-state index contributed by atoms with van der Waals surface area (Å²) in [6.45, 7) is 1.77. The van der Waals surface area contributed by atoms with E-state index in [0.29, 0.717) is 18.5 Å². The number of hydrogen-bond donors (Lipinski definition) is 2. The maximum absolute atomic E-state index is 11.9. The molecule has 0 saturated carbocycles. The van der Waals surface area contributed by atoms with Crippen molar-refractivity contribution in [1.82, 2.24) is 4.98 Å². The van der Waals surface area contributed by atoms with Crippen molar-refractivity contribution in [3.05, 3.63) is 59.4 Å². The second-order valence-corrected chi connectivity index (χ2v) is 4.74. The minimum atomic E-state index is -0.979. The van der Waals surface area contributed by atoms with Crippen LogP contribution in [0, 0.1) is 6.92 Å². The zero-order valence-electron chi connectivity index (χ0n) is 11.7. The number of carboxylic acids is 1. The number of nitrogens with zero attached hydrogens (tertiary/aromatic N) is 1. The molecule has 21 heavy (non-hydrogen) atoms. The van der Waals surface area contributed by atoms with Gasteiger partial charge < -0.3 is 10.4 Å². The van der Waals surface area contributed by atoms with Gasteiger partial charge in [0.05, 0.1) is 5.56 Å². The summed E-state index contributed by atoms with van der Waals surface area (Å²) >= 11 is 0. The second-order valence-electron chi connectivity index (χ2n) is 4.74. The Kier molecular flexibility index (Phi) is 4.66. The van der Waals surface area contributed by atoms with Gasteiger partial charge in [0, 0.05) is 24.5 Å². The highest BCUT2D eigenvalue weighted by atomic mass is 16.4. The summed E-state index contributed by atoms with van der Waals surface area (Å²) < 4.78 is 0. The maximum atomic E-state index is 11.9. The minimum absolute atomic E-state index is 0.106. The van der Waals surface area contributed by atoms with Crippen molar-refractivity contribution in [2.24, 2.45) is 0 Å².